The van der Waals surface area contributed by atoms with Crippen LogP contribution in [0.25, 0.3) is 0 Å². The van der Waals surface area contributed by atoms with E-state index in [1.165, 1.54) is 24.3 Å². The molecule has 0 N–H and O–H groups in total. The van der Waals surface area contributed by atoms with Gasteiger partial charge in [-0.25, -0.2) is 0 Å². The van der Waals surface area contributed by atoms with Gasteiger partial charge in [-0.05, 0) is 17.7 Å². The van der Waals surface area contributed by atoms with Gasteiger partial charge in [-0.1, -0.05) is 12.1 Å². The summed E-state index contributed by atoms with van der Waals surface area (Å²) < 4.78 is 38.6. The summed E-state index contributed by atoms with van der Waals surface area (Å²) in [6.45, 7) is 0.921. The fraction of sp³-hybridized carbons (Fsp3) is 0.316. The highest BCUT2D eigenvalue weighted by atomic mass is 19.4. The molecule has 31 heavy (non-hydrogen) atoms. The number of amides is 1. The van der Waals surface area contributed by atoms with Crippen LogP contribution in [0.4, 0.5) is 30.2 Å². The van der Waals surface area contributed by atoms with Crippen LogP contribution >= 0.6 is 0 Å². The average molecular weight is 438 g/mol. The van der Waals surface area contributed by atoms with Crippen molar-refractivity contribution in [2.75, 3.05) is 31.1 Å². The van der Waals surface area contributed by atoms with Crippen molar-refractivity contribution in [1.82, 2.24) is 4.90 Å². The Hall–Kier alpha value is -3.70. The molecule has 9 nitrogen and oxygen atoms in total. The van der Waals surface area contributed by atoms with Crippen LogP contribution in [0.2, 0.25) is 0 Å². The molecule has 1 fully saturated rings. The van der Waals surface area contributed by atoms with Gasteiger partial charge in [0.15, 0.2) is 0 Å². The first-order valence-corrected chi connectivity index (χ1v) is 9.18. The molecule has 1 saturated heterocycles. The predicted octanol–water partition coefficient (Wildman–Crippen LogP) is 3.41. The highest BCUT2D eigenvalue weighted by molar-refractivity contribution is 5.79. The number of nitro groups is 2. The van der Waals surface area contributed by atoms with E-state index in [0.717, 1.165) is 12.1 Å². The molecule has 164 valence electrons. The van der Waals surface area contributed by atoms with Crippen LogP contribution in [0.15, 0.2) is 42.5 Å². The standard InChI is InChI=1S/C19H17F3N4O5/c20-19(21,22)14-3-6-16(17(12-14)26(30)31)23-7-9-24(10-8-23)18(27)11-13-1-4-15(5-2-13)25(28)29/h1-6,12H,7-11H2. The monoisotopic (exact) mass is 438 g/mol. The lowest BCUT2D eigenvalue weighted by Gasteiger charge is -2.36. The zero-order chi connectivity index (χ0) is 22.8. The first kappa shape index (κ1) is 22.0. The zero-order valence-electron chi connectivity index (χ0n) is 16.0. The summed E-state index contributed by atoms with van der Waals surface area (Å²) >= 11 is 0. The van der Waals surface area contributed by atoms with Crippen LogP contribution in [0.1, 0.15) is 11.1 Å². The first-order chi connectivity index (χ1) is 14.6. The molecule has 3 rings (SSSR count). The average Bonchev–Trinajstić information content (AvgIpc) is 2.73. The number of halogens is 3. The van der Waals surface area contributed by atoms with Gasteiger partial charge in [-0.3, -0.25) is 25.0 Å². The third kappa shape index (κ3) is 5.08. The third-order valence-corrected chi connectivity index (χ3v) is 4.98. The first-order valence-electron chi connectivity index (χ1n) is 9.18. The molecule has 12 heteroatoms. The van der Waals surface area contributed by atoms with Crippen molar-refractivity contribution in [2.24, 2.45) is 0 Å². The number of benzene rings is 2. The molecule has 1 heterocycles. The number of nitrogens with zero attached hydrogens (tertiary/aromatic N) is 4. The second-order valence-electron chi connectivity index (χ2n) is 6.93. The molecule has 0 unspecified atom stereocenters. The van der Waals surface area contributed by atoms with E-state index in [0.29, 0.717) is 11.6 Å². The molecule has 2 aromatic rings. The van der Waals surface area contributed by atoms with Gasteiger partial charge in [-0.2, -0.15) is 13.2 Å². The van der Waals surface area contributed by atoms with E-state index in [4.69, 9.17) is 0 Å². The lowest BCUT2D eigenvalue weighted by atomic mass is 10.1. The number of carbonyl (C=O) groups is 1. The Morgan fingerprint density at radius 1 is 0.935 bits per heavy atom. The molecule has 1 aliphatic heterocycles. The minimum atomic E-state index is -4.69. The number of piperazine rings is 1. The summed E-state index contributed by atoms with van der Waals surface area (Å²) in [4.78, 5) is 36.2. The summed E-state index contributed by atoms with van der Waals surface area (Å²) in [5, 5.41) is 22.0. The summed E-state index contributed by atoms with van der Waals surface area (Å²) in [5.74, 6) is -0.213. The van der Waals surface area contributed by atoms with Crippen LogP contribution in [0.5, 0.6) is 0 Å². The maximum atomic E-state index is 12.9. The Balaban J connectivity index is 1.65. The molecule has 1 amide bonds. The quantitative estimate of drug-likeness (QED) is 0.523. The SMILES string of the molecule is O=C(Cc1ccc([N+](=O)[O-])cc1)N1CCN(c2ccc(C(F)(F)F)cc2[N+](=O)[O-])CC1. The van der Waals surface area contributed by atoms with Gasteiger partial charge in [0.25, 0.3) is 11.4 Å². The van der Waals surface area contributed by atoms with E-state index >= 15 is 0 Å². The molecule has 0 bridgehead atoms. The molecular formula is C19H17F3N4O5. The van der Waals surface area contributed by atoms with Gasteiger partial charge >= 0.3 is 6.18 Å². The number of anilines is 1. The summed E-state index contributed by atoms with van der Waals surface area (Å²) in [6, 6.07) is 8.01. The van der Waals surface area contributed by atoms with Crippen molar-refractivity contribution in [3.05, 3.63) is 73.8 Å². The Labute approximate surface area is 174 Å². The number of alkyl halides is 3. The van der Waals surface area contributed by atoms with Crippen molar-refractivity contribution < 1.29 is 27.8 Å². The molecule has 0 spiro atoms. The normalized spacial score (nSPS) is 14.4. The van der Waals surface area contributed by atoms with Gasteiger partial charge < -0.3 is 9.80 Å². The second kappa shape index (κ2) is 8.58. The van der Waals surface area contributed by atoms with Crippen LogP contribution in [-0.2, 0) is 17.4 Å². The summed E-state index contributed by atoms with van der Waals surface area (Å²) in [5.41, 5.74) is -1.14. The maximum absolute atomic E-state index is 12.9. The number of non-ortho nitro benzene ring substituents is 1. The number of rotatable bonds is 5. The van der Waals surface area contributed by atoms with Gasteiger partial charge in [0.2, 0.25) is 5.91 Å². The molecule has 2 aromatic carbocycles. The number of hydrogen-bond acceptors (Lipinski definition) is 6. The largest absolute Gasteiger partial charge is 0.416 e. The molecule has 0 radical (unpaired) electrons. The van der Waals surface area contributed by atoms with Crippen LogP contribution < -0.4 is 4.90 Å². The molecule has 0 aromatic heterocycles. The number of nitro benzene ring substituents is 2. The Kier molecular flexibility index (Phi) is 6.09. The second-order valence-corrected chi connectivity index (χ2v) is 6.93. The van der Waals surface area contributed by atoms with Crippen molar-refractivity contribution in [3.8, 4) is 0 Å². The Morgan fingerprint density at radius 3 is 2.06 bits per heavy atom. The van der Waals surface area contributed by atoms with E-state index in [1.807, 2.05) is 0 Å². The van der Waals surface area contributed by atoms with E-state index < -0.39 is 27.3 Å². The zero-order valence-corrected chi connectivity index (χ0v) is 16.0. The third-order valence-electron chi connectivity index (χ3n) is 4.98. The predicted molar refractivity (Wildman–Crippen MR) is 104 cm³/mol. The lowest BCUT2D eigenvalue weighted by Crippen LogP contribution is -2.49. The highest BCUT2D eigenvalue weighted by Gasteiger charge is 2.34. The minimum absolute atomic E-state index is 0.0401. The fourth-order valence-corrected chi connectivity index (χ4v) is 3.33. The van der Waals surface area contributed by atoms with Gasteiger partial charge in [0, 0.05) is 44.4 Å². The van der Waals surface area contributed by atoms with E-state index in [1.54, 1.807) is 9.80 Å². The van der Waals surface area contributed by atoms with Crippen LogP contribution in [0.3, 0.4) is 0 Å². The smallest absolute Gasteiger partial charge is 0.362 e. The number of hydrogen-bond donors (Lipinski definition) is 0. The summed E-state index contributed by atoms with van der Waals surface area (Å²) in [6.07, 6.45) is -4.65. The van der Waals surface area contributed by atoms with Crippen molar-refractivity contribution >= 4 is 23.0 Å². The summed E-state index contributed by atoms with van der Waals surface area (Å²) in [7, 11) is 0. The van der Waals surface area contributed by atoms with Gasteiger partial charge in [0.05, 0.1) is 21.8 Å². The molecular weight excluding hydrogens is 421 g/mol. The van der Waals surface area contributed by atoms with Gasteiger partial charge in [-0.15, -0.1) is 0 Å². The van der Waals surface area contributed by atoms with Crippen molar-refractivity contribution in [3.63, 3.8) is 0 Å². The maximum Gasteiger partial charge on any atom is 0.416 e. The fourth-order valence-electron chi connectivity index (χ4n) is 3.33. The molecule has 1 aliphatic rings. The van der Waals surface area contributed by atoms with Crippen LogP contribution in [-0.4, -0.2) is 46.8 Å². The van der Waals surface area contributed by atoms with E-state index in [9.17, 15) is 38.2 Å². The topological polar surface area (TPSA) is 110 Å². The van der Waals surface area contributed by atoms with Crippen molar-refractivity contribution in [2.45, 2.75) is 12.6 Å². The van der Waals surface area contributed by atoms with Crippen molar-refractivity contribution in [1.29, 1.82) is 0 Å². The lowest BCUT2D eigenvalue weighted by molar-refractivity contribution is -0.384. The molecule has 0 atom stereocenters. The minimum Gasteiger partial charge on any atom is -0.362 e. The van der Waals surface area contributed by atoms with E-state index in [2.05, 4.69) is 0 Å². The van der Waals surface area contributed by atoms with E-state index in [-0.39, 0.29) is 49.9 Å². The number of carbonyl (C=O) groups excluding carboxylic acids is 1. The van der Waals surface area contributed by atoms with Crippen LogP contribution in [0, 0.1) is 20.2 Å². The Morgan fingerprint density at radius 2 is 1.55 bits per heavy atom. The molecule has 0 saturated carbocycles. The Bertz CT molecular complexity index is 1000. The highest BCUT2D eigenvalue weighted by Crippen LogP contribution is 2.36. The molecule has 0 aliphatic carbocycles. The van der Waals surface area contributed by atoms with Gasteiger partial charge in [0.1, 0.15) is 5.69 Å².